The van der Waals surface area contributed by atoms with Crippen molar-refractivity contribution in [2.45, 2.75) is 6.92 Å². The minimum atomic E-state index is -0.372. The van der Waals surface area contributed by atoms with Gasteiger partial charge in [0, 0.05) is 18.1 Å². The summed E-state index contributed by atoms with van der Waals surface area (Å²) in [4.78, 5) is 20.2. The van der Waals surface area contributed by atoms with E-state index in [-0.39, 0.29) is 5.97 Å². The fourth-order valence-corrected chi connectivity index (χ4v) is 2.68. The molecule has 0 aliphatic carbocycles. The number of pyridine rings is 1. The number of aryl methyl sites for hydroxylation is 1. The largest absolute Gasteiger partial charge is 0.465 e. The Labute approximate surface area is 149 Å². The maximum absolute atomic E-state index is 11.5. The highest BCUT2D eigenvalue weighted by Gasteiger charge is 2.11. The second kappa shape index (κ2) is 6.32. The van der Waals surface area contributed by atoms with Crippen molar-refractivity contribution in [1.29, 1.82) is 0 Å². The topological polar surface area (TPSA) is 86.3 Å². The SMILES string of the molecule is COC(=O)c1ccc(Nc2nc3cccc(-n4ccnc4C)n3n2)cc1. The van der Waals surface area contributed by atoms with Crippen LogP contribution in [0.4, 0.5) is 11.6 Å². The van der Waals surface area contributed by atoms with Crippen LogP contribution in [0, 0.1) is 6.92 Å². The first kappa shape index (κ1) is 15.8. The third kappa shape index (κ3) is 2.77. The second-order valence-electron chi connectivity index (χ2n) is 5.63. The van der Waals surface area contributed by atoms with E-state index in [4.69, 9.17) is 4.74 Å². The summed E-state index contributed by atoms with van der Waals surface area (Å²) in [5, 5.41) is 7.68. The molecule has 8 nitrogen and oxygen atoms in total. The van der Waals surface area contributed by atoms with E-state index in [2.05, 4.69) is 20.4 Å². The fraction of sp³-hybridized carbons (Fsp3) is 0.111. The first-order valence-electron chi connectivity index (χ1n) is 7.97. The van der Waals surface area contributed by atoms with Crippen molar-refractivity contribution >= 4 is 23.3 Å². The van der Waals surface area contributed by atoms with Gasteiger partial charge in [0.05, 0.1) is 12.7 Å². The van der Waals surface area contributed by atoms with Crippen LogP contribution in [-0.2, 0) is 4.74 Å². The van der Waals surface area contributed by atoms with Crippen molar-refractivity contribution < 1.29 is 9.53 Å². The number of esters is 1. The lowest BCUT2D eigenvalue weighted by Gasteiger charge is -2.06. The lowest BCUT2D eigenvalue weighted by molar-refractivity contribution is 0.0601. The summed E-state index contributed by atoms with van der Waals surface area (Å²) < 4.78 is 8.39. The number of aromatic nitrogens is 5. The molecule has 4 aromatic rings. The van der Waals surface area contributed by atoms with E-state index in [1.165, 1.54) is 7.11 Å². The molecule has 0 unspecified atom stereocenters. The molecule has 0 bridgehead atoms. The zero-order valence-corrected chi connectivity index (χ0v) is 14.2. The van der Waals surface area contributed by atoms with Gasteiger partial charge in [-0.2, -0.15) is 9.50 Å². The molecule has 0 fully saturated rings. The number of nitrogens with one attached hydrogen (secondary N) is 1. The summed E-state index contributed by atoms with van der Waals surface area (Å²) in [6, 6.07) is 12.7. The number of rotatable bonds is 4. The second-order valence-corrected chi connectivity index (χ2v) is 5.63. The molecule has 1 N–H and O–H groups in total. The van der Waals surface area contributed by atoms with Gasteiger partial charge in [-0.05, 0) is 43.3 Å². The van der Waals surface area contributed by atoms with Gasteiger partial charge < -0.3 is 10.1 Å². The molecule has 0 spiro atoms. The maximum atomic E-state index is 11.5. The number of nitrogens with zero attached hydrogens (tertiary/aromatic N) is 5. The Hall–Kier alpha value is -3.68. The van der Waals surface area contributed by atoms with Crippen LogP contribution in [0.15, 0.2) is 54.9 Å². The van der Waals surface area contributed by atoms with Crippen LogP contribution in [0.3, 0.4) is 0 Å². The van der Waals surface area contributed by atoms with Crippen molar-refractivity contribution in [3.63, 3.8) is 0 Å². The van der Waals surface area contributed by atoms with Gasteiger partial charge in [0.25, 0.3) is 0 Å². The predicted octanol–water partition coefficient (Wildman–Crippen LogP) is 2.75. The number of benzene rings is 1. The van der Waals surface area contributed by atoms with Crippen LogP contribution in [0.2, 0.25) is 0 Å². The predicted molar refractivity (Wildman–Crippen MR) is 95.9 cm³/mol. The van der Waals surface area contributed by atoms with E-state index in [1.54, 1.807) is 35.0 Å². The number of hydrogen-bond donors (Lipinski definition) is 1. The summed E-state index contributed by atoms with van der Waals surface area (Å²) in [6.45, 7) is 1.93. The number of ether oxygens (including phenoxy) is 1. The van der Waals surface area contributed by atoms with Gasteiger partial charge in [0.2, 0.25) is 5.95 Å². The number of imidazole rings is 1. The summed E-state index contributed by atoms with van der Waals surface area (Å²) in [5.74, 6) is 1.80. The lowest BCUT2D eigenvalue weighted by Crippen LogP contribution is -2.04. The van der Waals surface area contributed by atoms with E-state index in [0.717, 1.165) is 17.3 Å². The number of hydrogen-bond acceptors (Lipinski definition) is 6. The summed E-state index contributed by atoms with van der Waals surface area (Å²) in [6.07, 6.45) is 3.62. The molecule has 0 amide bonds. The van der Waals surface area contributed by atoms with E-state index in [0.29, 0.717) is 17.2 Å². The highest BCUT2D eigenvalue weighted by Crippen LogP contribution is 2.18. The third-order valence-electron chi connectivity index (χ3n) is 3.97. The van der Waals surface area contributed by atoms with E-state index < -0.39 is 0 Å². The molecule has 0 aliphatic heterocycles. The van der Waals surface area contributed by atoms with Gasteiger partial charge in [-0.3, -0.25) is 4.57 Å². The van der Waals surface area contributed by atoms with Crippen LogP contribution in [-0.4, -0.2) is 37.2 Å². The van der Waals surface area contributed by atoms with Gasteiger partial charge in [-0.15, -0.1) is 5.10 Å². The molecule has 1 aromatic carbocycles. The number of carbonyl (C=O) groups excluding carboxylic acids is 1. The highest BCUT2D eigenvalue weighted by atomic mass is 16.5. The molecule has 0 aliphatic rings. The minimum Gasteiger partial charge on any atom is -0.465 e. The molecule has 130 valence electrons. The summed E-state index contributed by atoms with van der Waals surface area (Å²) in [7, 11) is 1.36. The first-order chi connectivity index (χ1) is 12.7. The minimum absolute atomic E-state index is 0.372. The van der Waals surface area contributed by atoms with Gasteiger partial charge >= 0.3 is 5.97 Å². The van der Waals surface area contributed by atoms with Gasteiger partial charge in [0.1, 0.15) is 11.6 Å². The Morgan fingerprint density at radius 2 is 1.96 bits per heavy atom. The quantitative estimate of drug-likeness (QED) is 0.571. The molecule has 26 heavy (non-hydrogen) atoms. The van der Waals surface area contributed by atoms with Crippen LogP contribution in [0.5, 0.6) is 0 Å². The van der Waals surface area contributed by atoms with Gasteiger partial charge in [-0.25, -0.2) is 9.78 Å². The molecule has 4 rings (SSSR count). The van der Waals surface area contributed by atoms with E-state index in [1.807, 2.05) is 35.9 Å². The number of carbonyl (C=O) groups is 1. The van der Waals surface area contributed by atoms with E-state index in [9.17, 15) is 4.79 Å². The van der Waals surface area contributed by atoms with Gasteiger partial charge in [-0.1, -0.05) is 6.07 Å². The van der Waals surface area contributed by atoms with Crippen LogP contribution >= 0.6 is 0 Å². The smallest absolute Gasteiger partial charge is 0.337 e. The highest BCUT2D eigenvalue weighted by molar-refractivity contribution is 5.89. The van der Waals surface area contributed by atoms with E-state index >= 15 is 0 Å². The number of methoxy groups -OCH3 is 1. The lowest BCUT2D eigenvalue weighted by atomic mass is 10.2. The Bertz CT molecular complexity index is 1080. The standard InChI is InChI=1S/C18H16N6O2/c1-12-19-10-11-23(12)16-5-3-4-15-21-18(22-24(15)16)20-14-8-6-13(7-9-14)17(25)26-2/h3-11H,1-2H3,(H,20,22). The number of anilines is 2. The molecule has 3 heterocycles. The first-order valence-corrected chi connectivity index (χ1v) is 7.97. The van der Waals surface area contributed by atoms with Crippen molar-refractivity contribution in [2.24, 2.45) is 0 Å². The van der Waals surface area contributed by atoms with Crippen molar-refractivity contribution in [3.8, 4) is 5.82 Å². The van der Waals surface area contributed by atoms with Crippen LogP contribution in [0.25, 0.3) is 11.5 Å². The summed E-state index contributed by atoms with van der Waals surface area (Å²) >= 11 is 0. The molecule has 8 heteroatoms. The average Bonchev–Trinajstić information content (AvgIpc) is 3.27. The maximum Gasteiger partial charge on any atom is 0.337 e. The normalized spacial score (nSPS) is 10.8. The molecule has 0 saturated heterocycles. The van der Waals surface area contributed by atoms with Crippen LogP contribution < -0.4 is 5.32 Å². The molecule has 0 atom stereocenters. The third-order valence-corrected chi connectivity index (χ3v) is 3.97. The van der Waals surface area contributed by atoms with Crippen molar-refractivity contribution in [2.75, 3.05) is 12.4 Å². The Morgan fingerprint density at radius 1 is 1.15 bits per heavy atom. The monoisotopic (exact) mass is 348 g/mol. The van der Waals surface area contributed by atoms with Crippen molar-refractivity contribution in [3.05, 3.63) is 66.2 Å². The zero-order valence-electron chi connectivity index (χ0n) is 14.2. The molecule has 0 radical (unpaired) electrons. The Balaban J connectivity index is 1.66. The fourth-order valence-electron chi connectivity index (χ4n) is 2.68. The zero-order chi connectivity index (χ0) is 18.1. The summed E-state index contributed by atoms with van der Waals surface area (Å²) in [5.41, 5.74) is 1.97. The molecular formula is C18H16N6O2. The average molecular weight is 348 g/mol. The molecular weight excluding hydrogens is 332 g/mol. The van der Waals surface area contributed by atoms with Gasteiger partial charge in [0.15, 0.2) is 5.65 Å². The Morgan fingerprint density at radius 3 is 2.65 bits per heavy atom. The van der Waals surface area contributed by atoms with Crippen molar-refractivity contribution in [1.82, 2.24) is 24.1 Å². The Kier molecular flexibility index (Phi) is 3.85. The number of fused-ring (bicyclic) bond motifs is 1. The molecule has 3 aromatic heterocycles. The van der Waals surface area contributed by atoms with Crippen LogP contribution in [0.1, 0.15) is 16.2 Å². The molecule has 0 saturated carbocycles.